The lowest BCUT2D eigenvalue weighted by Crippen LogP contribution is -2.26. The molecule has 1 aromatic carbocycles. The van der Waals surface area contributed by atoms with Gasteiger partial charge in [-0.1, -0.05) is 31.2 Å². The van der Waals surface area contributed by atoms with Crippen LogP contribution in [-0.2, 0) is 24.2 Å². The van der Waals surface area contributed by atoms with Gasteiger partial charge in [-0.3, -0.25) is 4.79 Å². The number of carbonyl (C=O) groups excluding carboxylic acids is 1. The molecule has 0 atom stereocenters. The Kier molecular flexibility index (Phi) is 5.30. The Labute approximate surface area is 153 Å². The average Bonchev–Trinajstić information content (AvgIpc) is 3.10. The van der Waals surface area contributed by atoms with Gasteiger partial charge < -0.3 is 4.90 Å². The molecule has 136 valence electrons. The minimum atomic E-state index is 0.127. The highest BCUT2D eigenvalue weighted by Crippen LogP contribution is 2.16. The van der Waals surface area contributed by atoms with Crippen LogP contribution in [0, 0.1) is 13.8 Å². The summed E-state index contributed by atoms with van der Waals surface area (Å²) in [5.41, 5.74) is 5.43. The fourth-order valence-electron chi connectivity index (χ4n) is 3.18. The first-order valence-electron chi connectivity index (χ1n) is 8.97. The van der Waals surface area contributed by atoms with Crippen molar-refractivity contribution in [3.05, 3.63) is 58.7 Å². The van der Waals surface area contributed by atoms with Gasteiger partial charge >= 0.3 is 0 Å². The molecule has 0 spiro atoms. The van der Waals surface area contributed by atoms with Crippen LogP contribution in [0.4, 0.5) is 0 Å². The quantitative estimate of drug-likeness (QED) is 0.685. The topological polar surface area (TPSA) is 63.4 Å². The second-order valence-corrected chi connectivity index (χ2v) is 6.65. The lowest BCUT2D eigenvalue weighted by atomic mass is 10.1. The molecule has 0 fully saturated rings. The number of amides is 1. The first-order valence-corrected chi connectivity index (χ1v) is 8.97. The van der Waals surface area contributed by atoms with Crippen LogP contribution in [0.25, 0.3) is 5.78 Å². The van der Waals surface area contributed by atoms with Crippen LogP contribution in [0.3, 0.4) is 0 Å². The zero-order valence-electron chi connectivity index (χ0n) is 15.9. The lowest BCUT2D eigenvalue weighted by Gasteiger charge is -2.18. The molecule has 6 heteroatoms. The molecule has 2 aromatic heterocycles. The number of rotatable bonds is 6. The number of benzene rings is 1. The molecule has 0 radical (unpaired) electrons. The Morgan fingerprint density at radius 3 is 2.54 bits per heavy atom. The van der Waals surface area contributed by atoms with Crippen molar-refractivity contribution in [1.29, 1.82) is 0 Å². The fraction of sp³-hybridized carbons (Fsp3) is 0.400. The third-order valence-corrected chi connectivity index (χ3v) is 4.85. The lowest BCUT2D eigenvalue weighted by molar-refractivity contribution is -0.130. The third kappa shape index (κ3) is 3.74. The molecule has 0 unspecified atom stereocenters. The number of hydrogen-bond acceptors (Lipinski definition) is 4. The monoisotopic (exact) mass is 351 g/mol. The van der Waals surface area contributed by atoms with Gasteiger partial charge in [-0.25, -0.2) is 9.50 Å². The zero-order valence-corrected chi connectivity index (χ0v) is 15.9. The van der Waals surface area contributed by atoms with E-state index in [9.17, 15) is 4.79 Å². The molecular formula is C20H25N5O. The van der Waals surface area contributed by atoms with E-state index in [1.165, 1.54) is 11.9 Å². The minimum absolute atomic E-state index is 0.127. The van der Waals surface area contributed by atoms with E-state index in [1.807, 2.05) is 20.9 Å². The summed E-state index contributed by atoms with van der Waals surface area (Å²) in [6.45, 7) is 6.72. The van der Waals surface area contributed by atoms with E-state index < -0.39 is 0 Å². The van der Waals surface area contributed by atoms with Crippen molar-refractivity contribution in [3.8, 4) is 0 Å². The van der Waals surface area contributed by atoms with Gasteiger partial charge in [0.2, 0.25) is 5.91 Å². The highest BCUT2D eigenvalue weighted by Gasteiger charge is 2.14. The number of aryl methyl sites for hydroxylation is 3. The predicted molar refractivity (Wildman–Crippen MR) is 101 cm³/mol. The molecule has 3 rings (SSSR count). The predicted octanol–water partition coefficient (Wildman–Crippen LogP) is 2.89. The van der Waals surface area contributed by atoms with E-state index in [4.69, 9.17) is 0 Å². The third-order valence-electron chi connectivity index (χ3n) is 4.85. The van der Waals surface area contributed by atoms with Crippen molar-refractivity contribution < 1.29 is 4.79 Å². The molecule has 0 aliphatic carbocycles. The van der Waals surface area contributed by atoms with Crippen LogP contribution in [0.5, 0.6) is 0 Å². The molecule has 0 aliphatic rings. The van der Waals surface area contributed by atoms with Crippen molar-refractivity contribution >= 4 is 11.7 Å². The van der Waals surface area contributed by atoms with Crippen LogP contribution in [0.1, 0.15) is 41.4 Å². The maximum atomic E-state index is 12.6. The number of fused-ring (bicyclic) bond motifs is 1. The smallest absolute Gasteiger partial charge is 0.252 e. The van der Waals surface area contributed by atoms with Crippen molar-refractivity contribution in [1.82, 2.24) is 24.5 Å². The Bertz CT molecular complexity index is 914. The molecule has 0 saturated carbocycles. The summed E-state index contributed by atoms with van der Waals surface area (Å²) in [4.78, 5) is 22.9. The van der Waals surface area contributed by atoms with Gasteiger partial charge in [0.15, 0.2) is 0 Å². The Balaban J connectivity index is 1.64. The van der Waals surface area contributed by atoms with Gasteiger partial charge in [0.05, 0.1) is 0 Å². The second kappa shape index (κ2) is 7.64. The fourth-order valence-corrected chi connectivity index (χ4v) is 3.18. The summed E-state index contributed by atoms with van der Waals surface area (Å²) < 4.78 is 1.73. The zero-order chi connectivity index (χ0) is 18.7. The van der Waals surface area contributed by atoms with Crippen LogP contribution in [0.2, 0.25) is 0 Å². The molecule has 1 amide bonds. The Hall–Kier alpha value is -2.76. The number of nitrogens with zero attached hydrogens (tertiary/aromatic N) is 5. The molecule has 0 saturated heterocycles. The SMILES string of the molecule is CCc1ccc(CN(C)C(=O)CCc2c(C)nc3ncnn3c2C)cc1. The van der Waals surface area contributed by atoms with E-state index in [-0.39, 0.29) is 5.91 Å². The minimum Gasteiger partial charge on any atom is -0.341 e. The summed E-state index contributed by atoms with van der Waals surface area (Å²) in [7, 11) is 1.86. The van der Waals surface area contributed by atoms with Crippen LogP contribution in [-0.4, -0.2) is 37.4 Å². The van der Waals surface area contributed by atoms with Gasteiger partial charge in [-0.05, 0) is 43.4 Å². The highest BCUT2D eigenvalue weighted by molar-refractivity contribution is 5.76. The van der Waals surface area contributed by atoms with Crippen LogP contribution in [0.15, 0.2) is 30.6 Å². The first-order chi connectivity index (χ1) is 12.5. The van der Waals surface area contributed by atoms with Crippen LogP contribution < -0.4 is 0 Å². The molecule has 3 aromatic rings. The standard InChI is InChI=1S/C20H25N5O/c1-5-16-6-8-17(9-7-16)12-24(4)19(26)11-10-18-14(2)23-20-21-13-22-25(20)15(18)3/h6-9,13H,5,10-12H2,1-4H3. The van der Waals surface area contributed by atoms with Gasteiger partial charge in [-0.15, -0.1) is 0 Å². The molecule has 0 N–H and O–H groups in total. The Morgan fingerprint density at radius 1 is 1.15 bits per heavy atom. The normalized spacial score (nSPS) is 11.1. The van der Waals surface area contributed by atoms with Gasteiger partial charge in [0, 0.05) is 31.4 Å². The summed E-state index contributed by atoms with van der Waals surface area (Å²) in [5, 5.41) is 4.20. The van der Waals surface area contributed by atoms with Crippen molar-refractivity contribution in [2.75, 3.05) is 7.05 Å². The number of carbonyl (C=O) groups is 1. The van der Waals surface area contributed by atoms with E-state index in [2.05, 4.69) is 46.3 Å². The maximum absolute atomic E-state index is 12.6. The largest absolute Gasteiger partial charge is 0.341 e. The average molecular weight is 351 g/mol. The number of hydrogen-bond donors (Lipinski definition) is 0. The molecule has 6 nitrogen and oxygen atoms in total. The first kappa shape index (κ1) is 18.0. The molecule has 0 aliphatic heterocycles. The van der Waals surface area contributed by atoms with Gasteiger partial charge in [-0.2, -0.15) is 10.1 Å². The second-order valence-electron chi connectivity index (χ2n) is 6.65. The Morgan fingerprint density at radius 2 is 1.85 bits per heavy atom. The summed E-state index contributed by atoms with van der Waals surface area (Å²) >= 11 is 0. The van der Waals surface area contributed by atoms with Crippen LogP contribution >= 0.6 is 0 Å². The van der Waals surface area contributed by atoms with Gasteiger partial charge in [0.1, 0.15) is 6.33 Å². The summed E-state index contributed by atoms with van der Waals surface area (Å²) in [5.74, 6) is 0.727. The summed E-state index contributed by atoms with van der Waals surface area (Å²) in [6, 6.07) is 8.44. The van der Waals surface area contributed by atoms with E-state index in [0.717, 1.165) is 28.9 Å². The van der Waals surface area contributed by atoms with Crippen molar-refractivity contribution in [2.45, 2.75) is 46.6 Å². The van der Waals surface area contributed by atoms with Crippen molar-refractivity contribution in [3.63, 3.8) is 0 Å². The molecule has 0 bridgehead atoms. The van der Waals surface area contributed by atoms with E-state index in [0.29, 0.717) is 25.2 Å². The van der Waals surface area contributed by atoms with Gasteiger partial charge in [0.25, 0.3) is 5.78 Å². The van der Waals surface area contributed by atoms with E-state index >= 15 is 0 Å². The highest BCUT2D eigenvalue weighted by atomic mass is 16.2. The summed E-state index contributed by atoms with van der Waals surface area (Å²) in [6.07, 6.45) is 3.63. The van der Waals surface area contributed by atoms with Crippen molar-refractivity contribution in [2.24, 2.45) is 0 Å². The number of aromatic nitrogens is 4. The van der Waals surface area contributed by atoms with E-state index in [1.54, 1.807) is 9.42 Å². The molecule has 2 heterocycles. The molecular weight excluding hydrogens is 326 g/mol. The molecule has 26 heavy (non-hydrogen) atoms. The maximum Gasteiger partial charge on any atom is 0.252 e.